The smallest absolute Gasteiger partial charge is 0.0469 e. The molecule has 2 atom stereocenters. The average Bonchev–Trinajstić information content (AvgIpc) is 2.34. The lowest BCUT2D eigenvalue weighted by Crippen LogP contribution is -2.52. The summed E-state index contributed by atoms with van der Waals surface area (Å²) in [5, 5.41) is 0. The Balaban J connectivity index is 1.96. The molecular formula is C13H26N2O. The van der Waals surface area contributed by atoms with E-state index in [1.807, 2.05) is 0 Å². The highest BCUT2D eigenvalue weighted by molar-refractivity contribution is 4.86. The summed E-state index contributed by atoms with van der Waals surface area (Å²) in [7, 11) is 0. The van der Waals surface area contributed by atoms with E-state index in [4.69, 9.17) is 10.5 Å². The van der Waals surface area contributed by atoms with Crippen LogP contribution in [0.25, 0.3) is 0 Å². The minimum absolute atomic E-state index is 0.596. The van der Waals surface area contributed by atoms with Crippen LogP contribution in [0, 0.1) is 5.92 Å². The Hall–Kier alpha value is -0.120. The molecule has 2 heterocycles. The van der Waals surface area contributed by atoms with E-state index < -0.39 is 0 Å². The van der Waals surface area contributed by atoms with Gasteiger partial charge in [0.25, 0.3) is 0 Å². The van der Waals surface area contributed by atoms with Crippen molar-refractivity contribution < 1.29 is 4.74 Å². The first kappa shape index (κ1) is 12.3. The zero-order valence-corrected chi connectivity index (χ0v) is 10.5. The third kappa shape index (κ3) is 2.76. The van der Waals surface area contributed by atoms with Crippen LogP contribution >= 0.6 is 0 Å². The van der Waals surface area contributed by atoms with Crippen molar-refractivity contribution >= 4 is 0 Å². The van der Waals surface area contributed by atoms with Crippen LogP contribution in [0.4, 0.5) is 0 Å². The van der Waals surface area contributed by atoms with E-state index in [0.717, 1.165) is 31.7 Å². The van der Waals surface area contributed by atoms with Gasteiger partial charge < -0.3 is 10.5 Å². The Labute approximate surface area is 99.3 Å². The number of nitrogens with zero attached hydrogens (tertiary/aromatic N) is 1. The maximum atomic E-state index is 6.01. The summed E-state index contributed by atoms with van der Waals surface area (Å²) in [5.74, 6) is 0.763. The molecule has 0 aromatic carbocycles. The first-order valence-electron chi connectivity index (χ1n) is 6.86. The summed E-state index contributed by atoms with van der Waals surface area (Å²) >= 11 is 0. The van der Waals surface area contributed by atoms with Crippen molar-refractivity contribution in [1.29, 1.82) is 0 Å². The molecule has 0 aromatic rings. The van der Waals surface area contributed by atoms with Gasteiger partial charge >= 0.3 is 0 Å². The molecule has 2 fully saturated rings. The van der Waals surface area contributed by atoms with Gasteiger partial charge in [-0.15, -0.1) is 0 Å². The Morgan fingerprint density at radius 1 is 1.25 bits per heavy atom. The molecule has 0 bridgehead atoms. The Morgan fingerprint density at radius 3 is 2.62 bits per heavy atom. The van der Waals surface area contributed by atoms with Crippen molar-refractivity contribution in [2.24, 2.45) is 11.7 Å². The fourth-order valence-corrected chi connectivity index (χ4v) is 3.31. The van der Waals surface area contributed by atoms with Crippen LogP contribution in [0.3, 0.4) is 0 Å². The van der Waals surface area contributed by atoms with Gasteiger partial charge in [0.15, 0.2) is 0 Å². The van der Waals surface area contributed by atoms with E-state index in [-0.39, 0.29) is 0 Å². The normalized spacial score (nSPS) is 31.5. The summed E-state index contributed by atoms with van der Waals surface area (Å²) < 4.78 is 5.45. The van der Waals surface area contributed by atoms with Crippen molar-refractivity contribution in [3.8, 4) is 0 Å². The van der Waals surface area contributed by atoms with Crippen LogP contribution in [0.15, 0.2) is 0 Å². The molecule has 0 saturated carbocycles. The molecule has 2 unspecified atom stereocenters. The summed E-state index contributed by atoms with van der Waals surface area (Å²) in [6.45, 7) is 6.29. The fraction of sp³-hybridized carbons (Fsp3) is 1.00. The molecule has 94 valence electrons. The Kier molecular flexibility index (Phi) is 4.62. The van der Waals surface area contributed by atoms with Gasteiger partial charge in [-0.25, -0.2) is 0 Å². The molecule has 16 heavy (non-hydrogen) atoms. The molecule has 0 aromatic heterocycles. The van der Waals surface area contributed by atoms with Gasteiger partial charge in [0.05, 0.1) is 0 Å². The van der Waals surface area contributed by atoms with Crippen LogP contribution in [0.1, 0.15) is 39.0 Å². The van der Waals surface area contributed by atoms with Gasteiger partial charge in [-0.3, -0.25) is 4.90 Å². The summed E-state index contributed by atoms with van der Waals surface area (Å²) in [5.41, 5.74) is 6.01. The van der Waals surface area contributed by atoms with Gasteiger partial charge in [0.2, 0.25) is 0 Å². The standard InChI is InChI=1S/C13H26N2O/c1-11-4-2-3-7-15(11)13(10-14)12-5-8-16-9-6-12/h11-13H,2-10,14H2,1H3. The second kappa shape index (κ2) is 5.99. The molecule has 2 aliphatic heterocycles. The van der Waals surface area contributed by atoms with Crippen LogP contribution in [-0.4, -0.2) is 43.3 Å². The van der Waals surface area contributed by atoms with E-state index in [1.54, 1.807) is 0 Å². The molecular weight excluding hydrogens is 200 g/mol. The largest absolute Gasteiger partial charge is 0.381 e. The Bertz CT molecular complexity index is 204. The molecule has 2 rings (SSSR count). The van der Waals surface area contributed by atoms with Crippen molar-refractivity contribution in [1.82, 2.24) is 4.90 Å². The second-order valence-electron chi connectivity index (χ2n) is 5.34. The predicted octanol–water partition coefficient (Wildman–Crippen LogP) is 1.61. The van der Waals surface area contributed by atoms with Crippen molar-refractivity contribution in [3.63, 3.8) is 0 Å². The van der Waals surface area contributed by atoms with Crippen molar-refractivity contribution in [3.05, 3.63) is 0 Å². The van der Waals surface area contributed by atoms with Crippen LogP contribution in [-0.2, 0) is 4.74 Å². The van der Waals surface area contributed by atoms with E-state index in [9.17, 15) is 0 Å². The number of likely N-dealkylation sites (tertiary alicyclic amines) is 1. The second-order valence-corrected chi connectivity index (χ2v) is 5.34. The summed E-state index contributed by atoms with van der Waals surface area (Å²) in [6.07, 6.45) is 6.49. The van der Waals surface area contributed by atoms with Gasteiger partial charge in [0.1, 0.15) is 0 Å². The minimum atomic E-state index is 0.596. The zero-order chi connectivity index (χ0) is 11.4. The molecule has 0 spiro atoms. The number of hydrogen-bond acceptors (Lipinski definition) is 3. The SMILES string of the molecule is CC1CCCCN1C(CN)C1CCOCC1. The van der Waals surface area contributed by atoms with Crippen molar-refractivity contribution in [2.75, 3.05) is 26.3 Å². The number of piperidine rings is 1. The fourth-order valence-electron chi connectivity index (χ4n) is 3.31. The van der Waals surface area contributed by atoms with E-state index in [0.29, 0.717) is 6.04 Å². The minimum Gasteiger partial charge on any atom is -0.381 e. The highest BCUT2D eigenvalue weighted by Crippen LogP contribution is 2.27. The first-order chi connectivity index (χ1) is 7.83. The monoisotopic (exact) mass is 226 g/mol. The van der Waals surface area contributed by atoms with Gasteiger partial charge in [-0.2, -0.15) is 0 Å². The molecule has 0 aliphatic carbocycles. The lowest BCUT2D eigenvalue weighted by molar-refractivity contribution is 0.00778. The van der Waals surface area contributed by atoms with E-state index in [2.05, 4.69) is 11.8 Å². The Morgan fingerprint density at radius 2 is 2.00 bits per heavy atom. The molecule has 0 radical (unpaired) electrons. The van der Waals surface area contributed by atoms with E-state index in [1.165, 1.54) is 38.6 Å². The zero-order valence-electron chi connectivity index (χ0n) is 10.5. The van der Waals surface area contributed by atoms with Gasteiger partial charge in [-0.05, 0) is 45.1 Å². The number of hydrogen-bond donors (Lipinski definition) is 1. The highest BCUT2D eigenvalue weighted by Gasteiger charge is 2.31. The average molecular weight is 226 g/mol. The van der Waals surface area contributed by atoms with Gasteiger partial charge in [0, 0.05) is 31.8 Å². The number of nitrogens with two attached hydrogens (primary N) is 1. The van der Waals surface area contributed by atoms with Crippen LogP contribution < -0.4 is 5.73 Å². The quantitative estimate of drug-likeness (QED) is 0.794. The first-order valence-corrected chi connectivity index (χ1v) is 6.86. The summed E-state index contributed by atoms with van der Waals surface area (Å²) in [4.78, 5) is 2.67. The van der Waals surface area contributed by atoms with E-state index >= 15 is 0 Å². The highest BCUT2D eigenvalue weighted by atomic mass is 16.5. The lowest BCUT2D eigenvalue weighted by Gasteiger charge is -2.43. The van der Waals surface area contributed by atoms with Crippen LogP contribution in [0.5, 0.6) is 0 Å². The predicted molar refractivity (Wildman–Crippen MR) is 66.4 cm³/mol. The molecule has 2 N–H and O–H groups in total. The maximum absolute atomic E-state index is 6.01. The third-order valence-electron chi connectivity index (χ3n) is 4.33. The number of rotatable bonds is 3. The van der Waals surface area contributed by atoms with Gasteiger partial charge in [-0.1, -0.05) is 6.42 Å². The van der Waals surface area contributed by atoms with Crippen molar-refractivity contribution in [2.45, 2.75) is 51.1 Å². The molecule has 3 nitrogen and oxygen atoms in total. The summed E-state index contributed by atoms with van der Waals surface area (Å²) in [6, 6.07) is 1.32. The maximum Gasteiger partial charge on any atom is 0.0469 e. The topological polar surface area (TPSA) is 38.5 Å². The molecule has 3 heteroatoms. The van der Waals surface area contributed by atoms with Crippen LogP contribution in [0.2, 0.25) is 0 Å². The number of ether oxygens (including phenoxy) is 1. The molecule has 2 aliphatic rings. The molecule has 2 saturated heterocycles. The molecule has 0 amide bonds. The third-order valence-corrected chi connectivity index (χ3v) is 4.33. The lowest BCUT2D eigenvalue weighted by atomic mass is 9.88.